The van der Waals surface area contributed by atoms with Crippen LogP contribution >= 0.6 is 11.8 Å². The van der Waals surface area contributed by atoms with Crippen LogP contribution in [0.5, 0.6) is 0 Å². The first-order valence-corrected chi connectivity index (χ1v) is 30.5. The largest absolute Gasteiger partial charge is 0.456 e. The minimum atomic E-state index is -3.76. The smallest absolute Gasteiger partial charge is 0.315 e. The van der Waals surface area contributed by atoms with Crippen molar-refractivity contribution >= 4 is 65.9 Å². The van der Waals surface area contributed by atoms with E-state index in [0.29, 0.717) is 52.9 Å². The highest BCUT2D eigenvalue weighted by Gasteiger charge is 2.42. The second-order valence-electron chi connectivity index (χ2n) is 18.6. The van der Waals surface area contributed by atoms with Gasteiger partial charge in [-0.3, -0.25) is 14.3 Å². The lowest BCUT2D eigenvalue weighted by Crippen LogP contribution is -2.36. The number of urea groups is 1. The maximum atomic E-state index is 15.2. The topological polar surface area (TPSA) is 227 Å². The molecule has 2 aromatic carbocycles. The molecule has 4 amide bonds. The summed E-state index contributed by atoms with van der Waals surface area (Å²) in [5.41, 5.74) is 4.71. The number of benzene rings is 3. The molecule has 4 heterocycles. The van der Waals surface area contributed by atoms with Crippen LogP contribution < -0.4 is 30.8 Å². The van der Waals surface area contributed by atoms with Gasteiger partial charge in [-0.15, -0.1) is 5.10 Å². The molecule has 0 saturated carbocycles. The Morgan fingerprint density at radius 3 is 2.44 bits per heavy atom. The SMILES string of the molecule is C=CS(=O)(=O)CCOCCOCCS(=O)(=O)CCN(Cc1cn(CCNC(=O)CCCCC2SCC3NC(=O)NC32)nn1)C(=O)c1ccccc1-c1c2ccc(=[N+](CC)CC)cc-2oc2cc(N(CC)CC)ccc12. The van der Waals surface area contributed by atoms with Gasteiger partial charge < -0.3 is 39.6 Å². The molecule has 4 aliphatic rings. The Morgan fingerprint density at radius 1 is 0.933 bits per heavy atom. The van der Waals surface area contributed by atoms with E-state index in [4.69, 9.17) is 13.9 Å². The quantitative estimate of drug-likeness (QED) is 0.0240. The Morgan fingerprint density at radius 2 is 1.69 bits per heavy atom. The van der Waals surface area contributed by atoms with Gasteiger partial charge in [0.05, 0.1) is 81.1 Å². The van der Waals surface area contributed by atoms with E-state index in [1.54, 1.807) is 23.0 Å². The number of thioether (sulfide) groups is 1. The summed E-state index contributed by atoms with van der Waals surface area (Å²) in [5.74, 6) is 0.171. The number of hydrogen-bond acceptors (Lipinski definition) is 14. The van der Waals surface area contributed by atoms with Gasteiger partial charge in [0.2, 0.25) is 11.3 Å². The van der Waals surface area contributed by atoms with Crippen LogP contribution in [0, 0.1) is 0 Å². The standard InChI is InChI=1S/C53H71N9O10S3/c1-6-59(7-2)39-19-21-43-46(33-39)72-47-34-40(60(8-3)9-4)20-22-44(47)50(43)41-15-11-12-16-42(41)52(64)61(25-30-75(68,69)32-29-71-27-26-70-28-31-74(66,67)10-5)35-38-36-62(58-57-38)24-23-54-49(63)18-14-13-17-48-51-45(37-73-48)55-53(65)56-51/h10-12,15-16,19-22,33-34,36,45,48,51H,5-9,13-14,17-18,23-32,35,37H2,1-4H3,(H2-,54,55,56,63,65)/p+1. The molecule has 3 aromatic rings. The summed E-state index contributed by atoms with van der Waals surface area (Å²) >= 11 is 1.86. The zero-order chi connectivity index (χ0) is 53.5. The molecule has 2 saturated heterocycles. The monoisotopic (exact) mass is 1090 g/mol. The molecule has 3 N–H and O–H groups in total. The van der Waals surface area contributed by atoms with Gasteiger partial charge in [0.25, 0.3) is 5.91 Å². The maximum absolute atomic E-state index is 15.2. The van der Waals surface area contributed by atoms with E-state index >= 15 is 4.79 Å². The summed E-state index contributed by atoms with van der Waals surface area (Å²) in [6, 6.07) is 19.8. The van der Waals surface area contributed by atoms with Crippen LogP contribution in [0.15, 0.2) is 83.3 Å². The summed E-state index contributed by atoms with van der Waals surface area (Å²) < 4.78 is 71.9. The van der Waals surface area contributed by atoms with Crippen molar-refractivity contribution in [2.24, 2.45) is 0 Å². The number of nitrogens with one attached hydrogen (secondary N) is 3. The third kappa shape index (κ3) is 15.2. The van der Waals surface area contributed by atoms with E-state index < -0.39 is 25.6 Å². The van der Waals surface area contributed by atoms with Crippen LogP contribution in [0.1, 0.15) is 69.4 Å². The third-order valence-corrected chi connectivity index (χ3v) is 18.0. The number of carbonyl (C=O) groups excluding carboxylic acids is 3. The Labute approximate surface area is 444 Å². The number of ether oxygens (including phenoxy) is 2. The fraction of sp³-hybridized carbons (Fsp3) is 0.509. The number of carbonyl (C=O) groups is 3. The van der Waals surface area contributed by atoms with Gasteiger partial charge in [-0.05, 0) is 70.4 Å². The van der Waals surface area contributed by atoms with E-state index in [2.05, 4.69) is 82.1 Å². The number of unbranched alkanes of at least 4 members (excludes halogenated alkanes) is 1. The molecule has 0 bridgehead atoms. The average Bonchev–Trinajstić information content (AvgIpc) is 4.13. The molecular weight excluding hydrogens is 1020 g/mol. The Hall–Kier alpha value is -5.81. The first-order chi connectivity index (χ1) is 36.2. The maximum Gasteiger partial charge on any atom is 0.315 e. The number of hydrogen-bond donors (Lipinski definition) is 3. The minimum Gasteiger partial charge on any atom is -0.456 e. The third-order valence-electron chi connectivity index (χ3n) is 13.7. The summed E-state index contributed by atoms with van der Waals surface area (Å²) in [7, 11) is -7.16. The molecule has 2 fully saturated rings. The zero-order valence-corrected chi connectivity index (χ0v) is 45.9. The van der Waals surface area contributed by atoms with Crippen LogP contribution in [0.2, 0.25) is 0 Å². The van der Waals surface area contributed by atoms with E-state index in [1.165, 1.54) is 4.90 Å². The highest BCUT2D eigenvalue weighted by atomic mass is 32.2. The second kappa shape index (κ2) is 26.8. The van der Waals surface area contributed by atoms with Crippen molar-refractivity contribution in [2.45, 2.75) is 83.8 Å². The molecule has 3 aliphatic heterocycles. The predicted octanol–water partition coefficient (Wildman–Crippen LogP) is 4.95. The van der Waals surface area contributed by atoms with Crippen LogP contribution in [0.4, 0.5) is 10.5 Å². The van der Waals surface area contributed by atoms with E-state index in [9.17, 15) is 26.4 Å². The fourth-order valence-corrected chi connectivity index (χ4v) is 12.7. The molecule has 0 spiro atoms. The zero-order valence-electron chi connectivity index (χ0n) is 43.5. The van der Waals surface area contributed by atoms with Gasteiger partial charge in [-0.25, -0.2) is 26.2 Å². The van der Waals surface area contributed by atoms with E-state index in [1.807, 2.05) is 48.2 Å². The first-order valence-electron chi connectivity index (χ1n) is 25.9. The van der Waals surface area contributed by atoms with Gasteiger partial charge in [0.1, 0.15) is 30.1 Å². The van der Waals surface area contributed by atoms with Gasteiger partial charge >= 0.3 is 6.03 Å². The van der Waals surface area contributed by atoms with E-state index in [0.717, 1.165) is 84.2 Å². The Balaban J connectivity index is 1.09. The molecule has 75 heavy (non-hydrogen) atoms. The average molecular weight is 1090 g/mol. The molecule has 3 unspecified atom stereocenters. The number of aromatic nitrogens is 3. The fourth-order valence-electron chi connectivity index (χ4n) is 9.54. The van der Waals surface area contributed by atoms with Gasteiger partial charge in [-0.2, -0.15) is 11.8 Å². The summed E-state index contributed by atoms with van der Waals surface area (Å²) in [5, 5.41) is 20.6. The molecule has 1 aliphatic carbocycles. The van der Waals surface area contributed by atoms with Crippen molar-refractivity contribution in [1.82, 2.24) is 40.4 Å². The van der Waals surface area contributed by atoms with Crippen molar-refractivity contribution < 1.29 is 45.1 Å². The molecule has 19 nitrogen and oxygen atoms in total. The second-order valence-corrected chi connectivity index (χ2v) is 24.2. The van der Waals surface area contributed by atoms with Crippen LogP contribution in [-0.4, -0.2) is 161 Å². The Kier molecular flexibility index (Phi) is 20.3. The lowest BCUT2D eigenvalue weighted by atomic mass is 9.90. The van der Waals surface area contributed by atoms with Gasteiger partial charge in [0.15, 0.2) is 19.7 Å². The van der Waals surface area contributed by atoms with Gasteiger partial charge in [-0.1, -0.05) is 36.4 Å². The number of fused-ring (bicyclic) bond motifs is 3. The summed E-state index contributed by atoms with van der Waals surface area (Å²) in [6.45, 7) is 15.3. The number of amides is 4. The number of nitrogens with zero attached hydrogens (tertiary/aromatic N) is 6. The summed E-state index contributed by atoms with van der Waals surface area (Å²) in [6.07, 6.45) is 4.60. The molecule has 7 rings (SSSR count). The molecular formula is C53H72N9O10S3+. The van der Waals surface area contributed by atoms with Gasteiger partial charge in [0, 0.05) is 88.9 Å². The highest BCUT2D eigenvalue weighted by Crippen LogP contribution is 2.42. The van der Waals surface area contributed by atoms with Crippen molar-refractivity contribution in [3.8, 4) is 22.5 Å². The highest BCUT2D eigenvalue weighted by molar-refractivity contribution is 8.00. The normalized spacial score (nSPS) is 16.4. The van der Waals surface area contributed by atoms with E-state index in [-0.39, 0.29) is 80.8 Å². The predicted molar refractivity (Wildman–Crippen MR) is 294 cm³/mol. The summed E-state index contributed by atoms with van der Waals surface area (Å²) in [4.78, 5) is 43.5. The van der Waals surface area contributed by atoms with Crippen LogP contribution in [0.3, 0.4) is 0 Å². The lowest BCUT2D eigenvalue weighted by Gasteiger charge is -2.25. The van der Waals surface area contributed by atoms with Crippen molar-refractivity contribution in [3.63, 3.8) is 0 Å². The lowest BCUT2D eigenvalue weighted by molar-refractivity contribution is -0.121. The van der Waals surface area contributed by atoms with Crippen molar-refractivity contribution in [2.75, 3.05) is 93.6 Å². The first kappa shape index (κ1) is 56.9. The molecule has 22 heteroatoms. The molecule has 1 aromatic heterocycles. The number of rotatable bonds is 30. The number of sulfone groups is 2. The molecule has 3 atom stereocenters. The van der Waals surface area contributed by atoms with Crippen LogP contribution in [0.25, 0.3) is 33.4 Å². The van der Waals surface area contributed by atoms with Crippen molar-refractivity contribution in [1.29, 1.82) is 0 Å². The molecule has 406 valence electrons. The molecule has 0 radical (unpaired) electrons. The van der Waals surface area contributed by atoms with Crippen LogP contribution in [-0.2, 0) is 47.0 Å². The van der Waals surface area contributed by atoms with Crippen molar-refractivity contribution in [3.05, 3.63) is 95.5 Å². The Bertz CT molecular complexity index is 3040. The minimum absolute atomic E-state index is 0.0430. The number of anilines is 1.